The molecular formula is C13H18ClNS. The lowest BCUT2D eigenvalue weighted by Gasteiger charge is -2.16. The van der Waals surface area contributed by atoms with Gasteiger partial charge in [-0.05, 0) is 49.8 Å². The van der Waals surface area contributed by atoms with Crippen LogP contribution in [0.25, 0.3) is 0 Å². The van der Waals surface area contributed by atoms with Crippen molar-refractivity contribution in [3.63, 3.8) is 0 Å². The van der Waals surface area contributed by atoms with Gasteiger partial charge in [-0.25, -0.2) is 0 Å². The number of halogens is 1. The summed E-state index contributed by atoms with van der Waals surface area (Å²) in [6, 6.07) is 2.75. The topological polar surface area (TPSA) is 12.0 Å². The maximum absolute atomic E-state index is 6.06. The zero-order valence-electron chi connectivity index (χ0n) is 9.47. The van der Waals surface area contributed by atoms with Gasteiger partial charge in [0.1, 0.15) is 0 Å². The SMILES string of the molecule is Clc1cc2c(s1)CCC2NCC1CCCC1. The average Bonchev–Trinajstić information content (AvgIpc) is 2.91. The summed E-state index contributed by atoms with van der Waals surface area (Å²) in [7, 11) is 0. The lowest BCUT2D eigenvalue weighted by molar-refractivity contribution is 0.436. The van der Waals surface area contributed by atoms with Crippen molar-refractivity contribution >= 4 is 22.9 Å². The maximum atomic E-state index is 6.06. The van der Waals surface area contributed by atoms with Gasteiger partial charge in [-0.2, -0.15) is 0 Å². The molecule has 1 atom stereocenters. The van der Waals surface area contributed by atoms with Gasteiger partial charge in [-0.15, -0.1) is 11.3 Å². The van der Waals surface area contributed by atoms with Gasteiger partial charge in [0.05, 0.1) is 4.34 Å². The molecule has 0 aliphatic heterocycles. The third-order valence-corrected chi connectivity index (χ3v) is 5.31. The summed E-state index contributed by atoms with van der Waals surface area (Å²) in [4.78, 5) is 1.51. The quantitative estimate of drug-likeness (QED) is 0.855. The van der Waals surface area contributed by atoms with Crippen LogP contribution in [0.3, 0.4) is 0 Å². The first kappa shape index (κ1) is 11.1. The second-order valence-electron chi connectivity index (χ2n) is 5.08. The van der Waals surface area contributed by atoms with Crippen molar-refractivity contribution in [3.8, 4) is 0 Å². The Morgan fingerprint density at radius 2 is 2.12 bits per heavy atom. The summed E-state index contributed by atoms with van der Waals surface area (Å²) in [6.07, 6.45) is 8.22. The molecule has 0 saturated heterocycles. The number of thiophene rings is 1. The Morgan fingerprint density at radius 3 is 2.94 bits per heavy atom. The van der Waals surface area contributed by atoms with Crippen LogP contribution in [0.4, 0.5) is 0 Å². The molecule has 1 nitrogen and oxygen atoms in total. The Labute approximate surface area is 106 Å². The van der Waals surface area contributed by atoms with Crippen LogP contribution in [0, 0.1) is 5.92 Å². The molecule has 1 heterocycles. The van der Waals surface area contributed by atoms with Crippen LogP contribution in [-0.4, -0.2) is 6.54 Å². The molecule has 1 fully saturated rings. The summed E-state index contributed by atoms with van der Waals surface area (Å²) < 4.78 is 0.956. The molecule has 1 aromatic rings. The minimum absolute atomic E-state index is 0.583. The molecular weight excluding hydrogens is 238 g/mol. The van der Waals surface area contributed by atoms with Crippen molar-refractivity contribution in [2.75, 3.05) is 6.54 Å². The van der Waals surface area contributed by atoms with E-state index in [0.717, 1.165) is 10.3 Å². The lowest BCUT2D eigenvalue weighted by atomic mass is 10.1. The van der Waals surface area contributed by atoms with Crippen molar-refractivity contribution < 1.29 is 0 Å². The highest BCUT2D eigenvalue weighted by Crippen LogP contribution is 2.39. The molecule has 1 unspecified atom stereocenters. The highest BCUT2D eigenvalue weighted by atomic mass is 35.5. The predicted octanol–water partition coefficient (Wildman–Crippen LogP) is 4.17. The van der Waals surface area contributed by atoms with E-state index in [0.29, 0.717) is 6.04 Å². The van der Waals surface area contributed by atoms with Gasteiger partial charge < -0.3 is 5.32 Å². The molecule has 0 aromatic carbocycles. The van der Waals surface area contributed by atoms with Crippen LogP contribution in [0.2, 0.25) is 4.34 Å². The second-order valence-corrected chi connectivity index (χ2v) is 6.85. The molecule has 1 saturated carbocycles. The normalized spacial score (nSPS) is 25.2. The van der Waals surface area contributed by atoms with E-state index in [1.54, 1.807) is 11.3 Å². The fourth-order valence-corrected chi connectivity index (χ4v) is 4.42. The van der Waals surface area contributed by atoms with Crippen molar-refractivity contribution in [2.24, 2.45) is 5.92 Å². The molecule has 0 bridgehead atoms. The van der Waals surface area contributed by atoms with Gasteiger partial charge in [-0.1, -0.05) is 24.4 Å². The van der Waals surface area contributed by atoms with E-state index in [9.17, 15) is 0 Å². The summed E-state index contributed by atoms with van der Waals surface area (Å²) in [5.74, 6) is 0.929. The van der Waals surface area contributed by atoms with Crippen LogP contribution in [0.5, 0.6) is 0 Å². The zero-order valence-corrected chi connectivity index (χ0v) is 11.0. The van der Waals surface area contributed by atoms with Crippen molar-refractivity contribution in [3.05, 3.63) is 20.8 Å². The van der Waals surface area contributed by atoms with Crippen LogP contribution >= 0.6 is 22.9 Å². The molecule has 88 valence electrons. The van der Waals surface area contributed by atoms with Gasteiger partial charge in [0.2, 0.25) is 0 Å². The standard InChI is InChI=1S/C13H18ClNS/c14-13-7-10-11(5-6-12(10)16-13)15-8-9-3-1-2-4-9/h7,9,11,15H,1-6,8H2. The third kappa shape index (κ3) is 2.15. The smallest absolute Gasteiger partial charge is 0.0934 e. The van der Waals surface area contributed by atoms with Gasteiger partial charge in [0.15, 0.2) is 0 Å². The van der Waals surface area contributed by atoms with E-state index in [1.807, 2.05) is 0 Å². The fourth-order valence-electron chi connectivity index (χ4n) is 3.07. The summed E-state index contributed by atoms with van der Waals surface area (Å²) in [6.45, 7) is 1.21. The van der Waals surface area contributed by atoms with Gasteiger partial charge in [-0.3, -0.25) is 0 Å². The van der Waals surface area contributed by atoms with E-state index in [1.165, 1.54) is 55.5 Å². The number of aryl methyl sites for hydroxylation is 1. The van der Waals surface area contributed by atoms with Crippen molar-refractivity contribution in [1.29, 1.82) is 0 Å². The second kappa shape index (κ2) is 4.67. The van der Waals surface area contributed by atoms with Gasteiger partial charge in [0.25, 0.3) is 0 Å². The molecule has 3 heteroatoms. The van der Waals surface area contributed by atoms with E-state index in [4.69, 9.17) is 11.6 Å². The number of rotatable bonds is 3. The molecule has 0 spiro atoms. The van der Waals surface area contributed by atoms with E-state index in [2.05, 4.69) is 11.4 Å². The lowest BCUT2D eigenvalue weighted by Crippen LogP contribution is -2.24. The first-order valence-electron chi connectivity index (χ1n) is 6.34. The van der Waals surface area contributed by atoms with Gasteiger partial charge in [0, 0.05) is 10.9 Å². The summed E-state index contributed by atoms with van der Waals surface area (Å²) in [5, 5.41) is 3.74. The average molecular weight is 256 g/mol. The van der Waals surface area contributed by atoms with E-state index >= 15 is 0 Å². The highest BCUT2D eigenvalue weighted by molar-refractivity contribution is 7.16. The Morgan fingerprint density at radius 1 is 1.31 bits per heavy atom. The van der Waals surface area contributed by atoms with Crippen LogP contribution in [0.15, 0.2) is 6.07 Å². The monoisotopic (exact) mass is 255 g/mol. The molecule has 2 aliphatic rings. The number of hydrogen-bond acceptors (Lipinski definition) is 2. The predicted molar refractivity (Wildman–Crippen MR) is 70.4 cm³/mol. The first-order valence-corrected chi connectivity index (χ1v) is 7.54. The van der Waals surface area contributed by atoms with Crippen LogP contribution in [0.1, 0.15) is 48.6 Å². The Kier molecular flexibility index (Phi) is 3.23. The fraction of sp³-hybridized carbons (Fsp3) is 0.692. The number of hydrogen-bond donors (Lipinski definition) is 1. The maximum Gasteiger partial charge on any atom is 0.0934 e. The van der Waals surface area contributed by atoms with Crippen LogP contribution in [-0.2, 0) is 6.42 Å². The molecule has 3 rings (SSSR count). The summed E-state index contributed by atoms with van der Waals surface area (Å²) in [5.41, 5.74) is 1.48. The number of fused-ring (bicyclic) bond motifs is 1. The largest absolute Gasteiger partial charge is 0.310 e. The molecule has 0 radical (unpaired) electrons. The number of nitrogens with one attached hydrogen (secondary N) is 1. The molecule has 1 aromatic heterocycles. The van der Waals surface area contributed by atoms with Crippen molar-refractivity contribution in [2.45, 2.75) is 44.6 Å². The molecule has 2 aliphatic carbocycles. The molecule has 16 heavy (non-hydrogen) atoms. The Balaban J connectivity index is 1.59. The minimum Gasteiger partial charge on any atom is -0.310 e. The Hall–Kier alpha value is -0.0500. The van der Waals surface area contributed by atoms with Crippen LogP contribution < -0.4 is 5.32 Å². The third-order valence-electron chi connectivity index (χ3n) is 3.97. The first-order chi connectivity index (χ1) is 7.83. The Bertz CT molecular complexity index is 368. The van der Waals surface area contributed by atoms with E-state index in [-0.39, 0.29) is 0 Å². The van der Waals surface area contributed by atoms with E-state index < -0.39 is 0 Å². The minimum atomic E-state index is 0.583. The molecule has 0 amide bonds. The van der Waals surface area contributed by atoms with Gasteiger partial charge >= 0.3 is 0 Å². The highest BCUT2D eigenvalue weighted by Gasteiger charge is 2.25. The van der Waals surface area contributed by atoms with Crippen molar-refractivity contribution in [1.82, 2.24) is 5.32 Å². The summed E-state index contributed by atoms with van der Waals surface area (Å²) >= 11 is 7.83. The zero-order chi connectivity index (χ0) is 11.0. The molecule has 1 N–H and O–H groups in total.